The third-order valence-corrected chi connectivity index (χ3v) is 4.36. The number of pyridine rings is 1. The van der Waals surface area contributed by atoms with Gasteiger partial charge in [0.1, 0.15) is 16.2 Å². The zero-order valence-corrected chi connectivity index (χ0v) is 13.9. The Balaban J connectivity index is 1.97. The summed E-state index contributed by atoms with van der Waals surface area (Å²) in [6.07, 6.45) is 5.58. The van der Waals surface area contributed by atoms with E-state index < -0.39 is 11.4 Å². The Morgan fingerprint density at radius 3 is 2.75 bits per heavy atom. The second kappa shape index (κ2) is 6.37. The summed E-state index contributed by atoms with van der Waals surface area (Å²) in [6.45, 7) is 4.19. The quantitative estimate of drug-likeness (QED) is 0.738. The van der Waals surface area contributed by atoms with Gasteiger partial charge in [-0.25, -0.2) is 4.98 Å². The topological polar surface area (TPSA) is 84.6 Å². The minimum atomic E-state index is -0.593. The highest BCUT2D eigenvalue weighted by molar-refractivity contribution is 7.10. The molecule has 0 bridgehead atoms. The lowest BCUT2D eigenvalue weighted by Gasteiger charge is -2.03. The highest BCUT2D eigenvalue weighted by atomic mass is 32.1. The Hall–Kier alpha value is -2.80. The molecule has 0 amide bonds. The van der Waals surface area contributed by atoms with Crippen molar-refractivity contribution in [3.05, 3.63) is 55.9 Å². The molecule has 0 radical (unpaired) electrons. The van der Waals surface area contributed by atoms with E-state index in [1.54, 1.807) is 23.5 Å². The largest absolute Gasteiger partial charge is 0.493 e. The molecular weight excluding hydrogens is 326 g/mol. The van der Waals surface area contributed by atoms with Gasteiger partial charge in [0.25, 0.3) is 5.56 Å². The predicted octanol–water partition coefficient (Wildman–Crippen LogP) is 2.96. The zero-order valence-electron chi connectivity index (χ0n) is 13.1. The van der Waals surface area contributed by atoms with Crippen molar-refractivity contribution < 1.29 is 9.90 Å². The third kappa shape index (κ3) is 2.98. The molecule has 0 unspecified atom stereocenters. The average Bonchev–Trinajstić information content (AvgIpc) is 3.02. The van der Waals surface area contributed by atoms with Crippen molar-refractivity contribution in [2.24, 2.45) is 0 Å². The highest BCUT2D eigenvalue weighted by Gasteiger charge is 2.11. The summed E-state index contributed by atoms with van der Waals surface area (Å²) < 4.78 is 1.22. The van der Waals surface area contributed by atoms with Gasteiger partial charge >= 0.3 is 0 Å². The van der Waals surface area contributed by atoms with Crippen molar-refractivity contribution in [3.8, 4) is 5.88 Å². The summed E-state index contributed by atoms with van der Waals surface area (Å²) in [7, 11) is 0. The van der Waals surface area contributed by atoms with E-state index in [9.17, 15) is 14.7 Å². The fourth-order valence-corrected chi connectivity index (χ4v) is 3.04. The molecule has 0 aliphatic heterocycles. The molecule has 24 heavy (non-hydrogen) atoms. The minimum Gasteiger partial charge on any atom is -0.493 e. The molecule has 7 heteroatoms. The molecular formula is C17H15N3O3S. The smallest absolute Gasteiger partial charge is 0.272 e. The fraction of sp³-hybridized carbons (Fsp3) is 0.176. The Labute approximate surface area is 141 Å². The monoisotopic (exact) mass is 341 g/mol. The molecule has 0 saturated heterocycles. The number of nitrogens with zero attached hydrogens (tertiary/aromatic N) is 3. The summed E-state index contributed by atoms with van der Waals surface area (Å²) in [5, 5.41) is 12.6. The van der Waals surface area contributed by atoms with Gasteiger partial charge in [-0.2, -0.15) is 4.98 Å². The second-order valence-corrected chi connectivity index (χ2v) is 6.45. The van der Waals surface area contributed by atoms with E-state index in [0.717, 1.165) is 16.3 Å². The van der Waals surface area contributed by atoms with Gasteiger partial charge in [-0.05, 0) is 29.7 Å². The Morgan fingerprint density at radius 2 is 2.08 bits per heavy atom. The zero-order chi connectivity index (χ0) is 17.3. The molecule has 0 spiro atoms. The average molecular weight is 341 g/mol. The van der Waals surface area contributed by atoms with Gasteiger partial charge in [0.2, 0.25) is 5.88 Å². The number of aromatic hydroxyl groups is 1. The van der Waals surface area contributed by atoms with Crippen LogP contribution in [0.15, 0.2) is 28.5 Å². The van der Waals surface area contributed by atoms with Crippen LogP contribution in [0, 0.1) is 0 Å². The second-order valence-electron chi connectivity index (χ2n) is 5.56. The van der Waals surface area contributed by atoms with Crippen LogP contribution in [0.1, 0.15) is 46.4 Å². The van der Waals surface area contributed by atoms with Crippen LogP contribution in [0.2, 0.25) is 0 Å². The van der Waals surface area contributed by atoms with Gasteiger partial charge in [-0.1, -0.05) is 19.9 Å². The number of carbonyl (C=O) groups is 1. The first-order valence-corrected chi connectivity index (χ1v) is 8.21. The van der Waals surface area contributed by atoms with Crippen LogP contribution < -0.4 is 5.56 Å². The van der Waals surface area contributed by atoms with E-state index in [0.29, 0.717) is 12.2 Å². The van der Waals surface area contributed by atoms with Crippen LogP contribution in [-0.4, -0.2) is 25.8 Å². The third-order valence-electron chi connectivity index (χ3n) is 3.54. The molecule has 0 aliphatic rings. The van der Waals surface area contributed by atoms with E-state index in [4.69, 9.17) is 0 Å². The molecule has 6 nitrogen and oxygen atoms in total. The first-order chi connectivity index (χ1) is 11.5. The van der Waals surface area contributed by atoms with Crippen LogP contribution in [0.4, 0.5) is 0 Å². The summed E-state index contributed by atoms with van der Waals surface area (Å²) in [6, 6.07) is 3.39. The van der Waals surface area contributed by atoms with Crippen LogP contribution in [-0.2, 0) is 0 Å². The molecule has 3 heterocycles. The van der Waals surface area contributed by atoms with Crippen molar-refractivity contribution in [1.29, 1.82) is 0 Å². The van der Waals surface area contributed by atoms with Crippen LogP contribution >= 0.6 is 11.3 Å². The maximum atomic E-state index is 12.0. The van der Waals surface area contributed by atoms with E-state index in [1.165, 1.54) is 10.6 Å². The van der Waals surface area contributed by atoms with Gasteiger partial charge in [0, 0.05) is 11.6 Å². The molecule has 122 valence electrons. The molecule has 0 aromatic carbocycles. The Kier molecular flexibility index (Phi) is 4.26. The predicted molar refractivity (Wildman–Crippen MR) is 93.6 cm³/mol. The van der Waals surface area contributed by atoms with Crippen molar-refractivity contribution in [3.63, 3.8) is 0 Å². The Bertz CT molecular complexity index is 1000. The molecule has 0 saturated carbocycles. The summed E-state index contributed by atoms with van der Waals surface area (Å²) in [4.78, 5) is 31.3. The molecule has 3 aromatic rings. The van der Waals surface area contributed by atoms with E-state index >= 15 is 0 Å². The maximum Gasteiger partial charge on any atom is 0.272 e. The van der Waals surface area contributed by atoms with Crippen molar-refractivity contribution in [2.45, 2.75) is 19.8 Å². The molecule has 0 fully saturated rings. The number of aldehydes is 1. The molecule has 0 aliphatic carbocycles. The SMILES string of the molecule is CC(C)c1csc(C=Cc2ccn3c(=O)c(C=O)c(O)nc3c2)n1. The normalized spacial score (nSPS) is 11.6. The lowest BCUT2D eigenvalue weighted by molar-refractivity contribution is 0.111. The first-order valence-electron chi connectivity index (χ1n) is 7.33. The van der Waals surface area contributed by atoms with Gasteiger partial charge in [0.15, 0.2) is 6.29 Å². The van der Waals surface area contributed by atoms with Crippen molar-refractivity contribution in [2.75, 3.05) is 0 Å². The molecule has 1 N–H and O–H groups in total. The molecule has 0 atom stereocenters. The maximum absolute atomic E-state index is 12.0. The van der Waals surface area contributed by atoms with E-state index in [-0.39, 0.29) is 11.2 Å². The number of aromatic nitrogens is 3. The minimum absolute atomic E-state index is 0.271. The van der Waals surface area contributed by atoms with Gasteiger partial charge in [0.05, 0.1) is 5.69 Å². The fourth-order valence-electron chi connectivity index (χ4n) is 2.17. The molecule has 3 rings (SSSR count). The lowest BCUT2D eigenvalue weighted by atomic mass is 10.2. The highest BCUT2D eigenvalue weighted by Crippen LogP contribution is 2.20. The van der Waals surface area contributed by atoms with E-state index in [2.05, 4.69) is 23.8 Å². The van der Waals surface area contributed by atoms with Gasteiger partial charge in [-0.15, -0.1) is 11.3 Å². The van der Waals surface area contributed by atoms with Gasteiger partial charge < -0.3 is 5.11 Å². The number of hydrogen-bond donors (Lipinski definition) is 1. The van der Waals surface area contributed by atoms with E-state index in [1.807, 2.05) is 17.5 Å². The Morgan fingerprint density at radius 1 is 1.29 bits per heavy atom. The van der Waals surface area contributed by atoms with Gasteiger partial charge in [-0.3, -0.25) is 14.0 Å². The van der Waals surface area contributed by atoms with Crippen LogP contribution in [0.5, 0.6) is 5.88 Å². The van der Waals surface area contributed by atoms with Crippen molar-refractivity contribution in [1.82, 2.24) is 14.4 Å². The number of rotatable bonds is 4. The van der Waals surface area contributed by atoms with Crippen LogP contribution in [0.3, 0.4) is 0 Å². The summed E-state index contributed by atoms with van der Waals surface area (Å²) in [5.74, 6) is -0.173. The summed E-state index contributed by atoms with van der Waals surface area (Å²) >= 11 is 1.56. The number of hydrogen-bond acceptors (Lipinski definition) is 6. The van der Waals surface area contributed by atoms with Crippen molar-refractivity contribution >= 4 is 35.4 Å². The van der Waals surface area contributed by atoms with Crippen LogP contribution in [0.25, 0.3) is 17.8 Å². The lowest BCUT2D eigenvalue weighted by Crippen LogP contribution is -2.19. The number of fused-ring (bicyclic) bond motifs is 1. The summed E-state index contributed by atoms with van der Waals surface area (Å²) in [5.41, 5.74) is 1.19. The first kappa shape index (κ1) is 16.1. The number of thiazole rings is 1. The number of carbonyl (C=O) groups excluding carboxylic acids is 1. The molecule has 3 aromatic heterocycles. The standard InChI is InChI=1S/C17H15N3O3S/c1-10(2)13-9-24-15(18-13)4-3-11-5-6-20-14(7-11)19-16(22)12(8-21)17(20)23/h3-10,22H,1-2H3.